The predicted octanol–water partition coefficient (Wildman–Crippen LogP) is 3.39. The van der Waals surface area contributed by atoms with E-state index in [0.29, 0.717) is 17.4 Å². The molecule has 2 atom stereocenters. The monoisotopic (exact) mass is 204 g/mol. The number of aromatic carboxylic acids is 1. The maximum Gasteiger partial charge on any atom is 0.335 e. The molecule has 0 aromatic heterocycles. The number of carboxylic acid groups (broad SMARTS) is 1. The maximum atomic E-state index is 10.9. The van der Waals surface area contributed by atoms with Crippen molar-refractivity contribution >= 4 is 5.97 Å². The Bertz CT molecular complexity index is 396. The fraction of sp³-hybridized carbons (Fsp3) is 0.462. The minimum Gasteiger partial charge on any atom is -0.478 e. The molecule has 0 radical (unpaired) electrons. The molecule has 1 aliphatic rings. The van der Waals surface area contributed by atoms with E-state index in [1.165, 1.54) is 17.5 Å². The Kier molecular flexibility index (Phi) is 2.51. The molecule has 0 saturated heterocycles. The van der Waals surface area contributed by atoms with Crippen LogP contribution in [0.25, 0.3) is 0 Å². The van der Waals surface area contributed by atoms with Crippen LogP contribution in [0.3, 0.4) is 0 Å². The number of benzene rings is 1. The molecule has 0 unspecified atom stereocenters. The third kappa shape index (κ3) is 1.76. The van der Waals surface area contributed by atoms with Gasteiger partial charge >= 0.3 is 5.97 Å². The largest absolute Gasteiger partial charge is 0.478 e. The highest BCUT2D eigenvalue weighted by molar-refractivity contribution is 5.88. The first-order chi connectivity index (χ1) is 7.09. The third-order valence-electron chi connectivity index (χ3n) is 3.43. The lowest BCUT2D eigenvalue weighted by Gasteiger charge is -2.27. The zero-order valence-corrected chi connectivity index (χ0v) is 9.16. The zero-order chi connectivity index (χ0) is 11.0. The van der Waals surface area contributed by atoms with Crippen molar-refractivity contribution in [3.05, 3.63) is 34.9 Å². The van der Waals surface area contributed by atoms with E-state index in [1.807, 2.05) is 12.1 Å². The summed E-state index contributed by atoms with van der Waals surface area (Å²) >= 11 is 0. The van der Waals surface area contributed by atoms with Crippen LogP contribution in [0.1, 0.15) is 60.0 Å². The van der Waals surface area contributed by atoms with E-state index < -0.39 is 5.97 Å². The van der Waals surface area contributed by atoms with Crippen molar-refractivity contribution in [2.24, 2.45) is 0 Å². The van der Waals surface area contributed by atoms with Crippen molar-refractivity contribution in [3.63, 3.8) is 0 Å². The molecule has 2 nitrogen and oxygen atoms in total. The normalized spacial score (nSPS) is 24.7. The lowest BCUT2D eigenvalue weighted by molar-refractivity contribution is 0.0696. The minimum absolute atomic E-state index is 0.412. The highest BCUT2D eigenvalue weighted by Crippen LogP contribution is 2.38. The van der Waals surface area contributed by atoms with Gasteiger partial charge in [-0.15, -0.1) is 0 Å². The lowest BCUT2D eigenvalue weighted by atomic mass is 9.78. The van der Waals surface area contributed by atoms with Gasteiger partial charge in [-0.3, -0.25) is 0 Å². The minimum atomic E-state index is -0.830. The van der Waals surface area contributed by atoms with E-state index in [-0.39, 0.29) is 0 Å². The van der Waals surface area contributed by atoms with Crippen molar-refractivity contribution < 1.29 is 9.90 Å². The van der Waals surface area contributed by atoms with E-state index in [9.17, 15) is 4.79 Å². The van der Waals surface area contributed by atoms with E-state index >= 15 is 0 Å². The Balaban J connectivity index is 2.49. The van der Waals surface area contributed by atoms with Gasteiger partial charge in [0.25, 0.3) is 0 Å². The standard InChI is InChI=1S/C13H16O2/c1-8-3-4-9(2)12-7-10(13(14)15)5-6-11(8)12/h5-9H,3-4H2,1-2H3,(H,14,15)/t8-,9+/m0/s1. The summed E-state index contributed by atoms with van der Waals surface area (Å²) in [7, 11) is 0. The average Bonchev–Trinajstić information content (AvgIpc) is 2.23. The van der Waals surface area contributed by atoms with Crippen LogP contribution in [0.2, 0.25) is 0 Å². The Morgan fingerprint density at radius 3 is 2.40 bits per heavy atom. The first-order valence-electron chi connectivity index (χ1n) is 5.46. The summed E-state index contributed by atoms with van der Waals surface area (Å²) in [4.78, 5) is 10.9. The molecular formula is C13H16O2. The molecular weight excluding hydrogens is 188 g/mol. The van der Waals surface area contributed by atoms with Gasteiger partial charge in [0, 0.05) is 0 Å². The number of hydrogen-bond donors (Lipinski definition) is 1. The fourth-order valence-electron chi connectivity index (χ4n) is 2.39. The molecule has 1 aliphatic carbocycles. The predicted molar refractivity (Wildman–Crippen MR) is 59.5 cm³/mol. The van der Waals surface area contributed by atoms with Gasteiger partial charge in [0.15, 0.2) is 0 Å². The van der Waals surface area contributed by atoms with Gasteiger partial charge in [-0.25, -0.2) is 4.79 Å². The van der Waals surface area contributed by atoms with Gasteiger partial charge in [-0.1, -0.05) is 19.9 Å². The van der Waals surface area contributed by atoms with Gasteiger partial charge in [-0.05, 0) is 47.9 Å². The Labute approximate surface area is 89.9 Å². The average molecular weight is 204 g/mol. The first-order valence-corrected chi connectivity index (χ1v) is 5.46. The number of carbonyl (C=O) groups is 1. The summed E-state index contributed by atoms with van der Waals surface area (Å²) in [6, 6.07) is 5.55. The number of rotatable bonds is 1. The molecule has 0 spiro atoms. The van der Waals surface area contributed by atoms with Gasteiger partial charge in [-0.2, -0.15) is 0 Å². The number of fused-ring (bicyclic) bond motifs is 1. The van der Waals surface area contributed by atoms with Crippen LogP contribution < -0.4 is 0 Å². The molecule has 0 aliphatic heterocycles. The van der Waals surface area contributed by atoms with Gasteiger partial charge in [0.2, 0.25) is 0 Å². The highest BCUT2D eigenvalue weighted by atomic mass is 16.4. The second-order valence-corrected chi connectivity index (χ2v) is 4.53. The topological polar surface area (TPSA) is 37.3 Å². The van der Waals surface area contributed by atoms with E-state index in [4.69, 9.17) is 5.11 Å². The fourth-order valence-corrected chi connectivity index (χ4v) is 2.39. The van der Waals surface area contributed by atoms with E-state index in [2.05, 4.69) is 13.8 Å². The number of carboxylic acids is 1. The quantitative estimate of drug-likeness (QED) is 0.761. The molecule has 1 aromatic carbocycles. The van der Waals surface area contributed by atoms with Crippen molar-refractivity contribution in [2.45, 2.75) is 38.5 Å². The summed E-state index contributed by atoms with van der Waals surface area (Å²) in [5.41, 5.74) is 2.97. The molecule has 1 N–H and O–H groups in total. The molecule has 0 heterocycles. The van der Waals surface area contributed by atoms with Crippen LogP contribution in [0, 0.1) is 0 Å². The summed E-state index contributed by atoms with van der Waals surface area (Å²) in [6.07, 6.45) is 2.37. The van der Waals surface area contributed by atoms with Crippen LogP contribution in [0.5, 0.6) is 0 Å². The van der Waals surface area contributed by atoms with Crippen molar-refractivity contribution in [1.29, 1.82) is 0 Å². The molecule has 2 rings (SSSR count). The molecule has 15 heavy (non-hydrogen) atoms. The van der Waals surface area contributed by atoms with Crippen LogP contribution in [0.15, 0.2) is 18.2 Å². The molecule has 1 aromatic rings. The molecule has 0 fully saturated rings. The smallest absolute Gasteiger partial charge is 0.335 e. The van der Waals surface area contributed by atoms with Crippen LogP contribution in [-0.2, 0) is 0 Å². The molecule has 0 saturated carbocycles. The van der Waals surface area contributed by atoms with Crippen LogP contribution in [0.4, 0.5) is 0 Å². The van der Waals surface area contributed by atoms with E-state index in [0.717, 1.165) is 6.42 Å². The lowest BCUT2D eigenvalue weighted by Crippen LogP contribution is -2.12. The third-order valence-corrected chi connectivity index (χ3v) is 3.43. The van der Waals surface area contributed by atoms with Crippen molar-refractivity contribution in [3.8, 4) is 0 Å². The molecule has 2 heteroatoms. The molecule has 0 bridgehead atoms. The summed E-state index contributed by atoms with van der Waals surface area (Å²) in [5.74, 6) is 0.234. The van der Waals surface area contributed by atoms with Crippen LogP contribution >= 0.6 is 0 Å². The maximum absolute atomic E-state index is 10.9. The molecule has 80 valence electrons. The number of hydrogen-bond acceptors (Lipinski definition) is 1. The molecule has 0 amide bonds. The Morgan fingerprint density at radius 1 is 1.20 bits per heavy atom. The van der Waals surface area contributed by atoms with E-state index in [1.54, 1.807) is 6.07 Å². The summed E-state index contributed by atoms with van der Waals surface area (Å²) in [6.45, 7) is 4.39. The van der Waals surface area contributed by atoms with Crippen molar-refractivity contribution in [1.82, 2.24) is 0 Å². The summed E-state index contributed by atoms with van der Waals surface area (Å²) < 4.78 is 0. The highest BCUT2D eigenvalue weighted by Gasteiger charge is 2.22. The second kappa shape index (κ2) is 3.69. The first kappa shape index (κ1) is 10.2. The van der Waals surface area contributed by atoms with Gasteiger partial charge < -0.3 is 5.11 Å². The van der Waals surface area contributed by atoms with Crippen molar-refractivity contribution in [2.75, 3.05) is 0 Å². The summed E-state index contributed by atoms with van der Waals surface area (Å²) in [5, 5.41) is 8.94. The zero-order valence-electron chi connectivity index (χ0n) is 9.16. The second-order valence-electron chi connectivity index (χ2n) is 4.53. The Morgan fingerprint density at radius 2 is 1.80 bits per heavy atom. The SMILES string of the molecule is C[C@@H]1CC[C@H](C)c2ccc(C(=O)O)cc21. The van der Waals surface area contributed by atoms with Gasteiger partial charge in [0.1, 0.15) is 0 Å². The van der Waals surface area contributed by atoms with Crippen LogP contribution in [-0.4, -0.2) is 11.1 Å². The Hall–Kier alpha value is -1.31. The van der Waals surface area contributed by atoms with Gasteiger partial charge in [0.05, 0.1) is 5.56 Å².